The zero-order chi connectivity index (χ0) is 29.0. The zero-order valence-electron chi connectivity index (χ0n) is 23.3. The van der Waals surface area contributed by atoms with Crippen LogP contribution in [0.1, 0.15) is 99.9 Å². The van der Waals surface area contributed by atoms with E-state index in [0.29, 0.717) is 18.0 Å². The summed E-state index contributed by atoms with van der Waals surface area (Å²) in [6.07, 6.45) is 14.8. The normalized spacial score (nSPS) is 15.9. The number of H-pyrrole nitrogens is 1. The van der Waals surface area contributed by atoms with Crippen molar-refractivity contribution in [2.24, 2.45) is 0 Å². The van der Waals surface area contributed by atoms with Crippen LogP contribution in [-0.4, -0.2) is 40.1 Å². The van der Waals surface area contributed by atoms with Crippen LogP contribution in [0.25, 0.3) is 10.9 Å². The molecule has 1 aromatic carbocycles. The van der Waals surface area contributed by atoms with Crippen molar-refractivity contribution < 1.29 is 18.7 Å². The maximum absolute atomic E-state index is 13.7. The van der Waals surface area contributed by atoms with Gasteiger partial charge in [-0.15, -0.1) is 0 Å². The molecular weight excluding hydrogens is 555 g/mol. The lowest BCUT2D eigenvalue weighted by molar-refractivity contribution is -0.0519. The SMILES string of the molecule is CCCCCCCCCCNCC1(c2ccc(Cl)nc2)CCC(F)(F)CC1.O=C(O)c1ccc2[nH]ccc2c1Cl. The average Bonchev–Trinajstić information content (AvgIpc) is 3.42. The Balaban J connectivity index is 0.000000281. The van der Waals surface area contributed by atoms with Crippen LogP contribution in [0.2, 0.25) is 10.2 Å². The molecule has 0 radical (unpaired) electrons. The van der Waals surface area contributed by atoms with Crippen molar-refractivity contribution >= 4 is 40.1 Å². The zero-order valence-corrected chi connectivity index (χ0v) is 24.8. The molecule has 3 aromatic rings. The number of alkyl halides is 2. The molecule has 0 unspecified atom stereocenters. The molecule has 0 saturated heterocycles. The quantitative estimate of drug-likeness (QED) is 0.136. The van der Waals surface area contributed by atoms with Gasteiger partial charge >= 0.3 is 5.97 Å². The number of aromatic carboxylic acids is 1. The molecule has 0 spiro atoms. The molecule has 3 N–H and O–H groups in total. The fraction of sp³-hybridized carbons (Fsp3) is 0.548. The second-order valence-electron chi connectivity index (χ2n) is 10.8. The molecule has 1 saturated carbocycles. The summed E-state index contributed by atoms with van der Waals surface area (Å²) in [5.41, 5.74) is 1.76. The number of aromatic amines is 1. The van der Waals surface area contributed by atoms with E-state index in [4.69, 9.17) is 28.3 Å². The van der Waals surface area contributed by atoms with Gasteiger partial charge in [-0.05, 0) is 55.6 Å². The fourth-order valence-electron chi connectivity index (χ4n) is 5.32. The number of rotatable bonds is 13. The van der Waals surface area contributed by atoms with E-state index < -0.39 is 11.9 Å². The number of fused-ring (bicyclic) bond motifs is 1. The second kappa shape index (κ2) is 15.7. The van der Waals surface area contributed by atoms with E-state index in [2.05, 4.69) is 22.2 Å². The highest BCUT2D eigenvalue weighted by atomic mass is 35.5. The van der Waals surface area contributed by atoms with Gasteiger partial charge in [0.1, 0.15) is 5.15 Å². The molecule has 2 heterocycles. The number of hydrogen-bond acceptors (Lipinski definition) is 3. The summed E-state index contributed by atoms with van der Waals surface area (Å²) in [5.74, 6) is -3.53. The van der Waals surface area contributed by atoms with E-state index in [1.54, 1.807) is 30.6 Å². The molecule has 0 aliphatic heterocycles. The summed E-state index contributed by atoms with van der Waals surface area (Å²) in [6, 6.07) is 8.67. The predicted molar refractivity (Wildman–Crippen MR) is 160 cm³/mol. The van der Waals surface area contributed by atoms with Gasteiger partial charge in [0, 0.05) is 48.1 Å². The summed E-state index contributed by atoms with van der Waals surface area (Å²) in [6.45, 7) is 3.93. The minimum atomic E-state index is -2.53. The molecule has 0 bridgehead atoms. The van der Waals surface area contributed by atoms with E-state index in [9.17, 15) is 13.6 Å². The Hall–Kier alpha value is -2.22. The Morgan fingerprint density at radius 1 is 0.975 bits per heavy atom. The highest BCUT2D eigenvalue weighted by Crippen LogP contribution is 2.45. The smallest absolute Gasteiger partial charge is 0.337 e. The first kappa shape index (κ1) is 32.3. The van der Waals surface area contributed by atoms with Crippen LogP contribution in [0.5, 0.6) is 0 Å². The van der Waals surface area contributed by atoms with Crippen molar-refractivity contribution in [1.29, 1.82) is 0 Å². The van der Waals surface area contributed by atoms with Gasteiger partial charge in [-0.1, -0.05) is 81.1 Å². The van der Waals surface area contributed by atoms with E-state index in [1.165, 1.54) is 51.0 Å². The number of carboxylic acid groups (broad SMARTS) is 1. The molecule has 5 nitrogen and oxygen atoms in total. The number of unbranched alkanes of at least 4 members (excludes halogenated alkanes) is 7. The van der Waals surface area contributed by atoms with Crippen molar-refractivity contribution in [3.63, 3.8) is 0 Å². The predicted octanol–water partition coefficient (Wildman–Crippen LogP) is 9.43. The number of nitrogens with zero attached hydrogens (tertiary/aromatic N) is 1. The first-order chi connectivity index (χ1) is 19.2. The molecule has 1 aliphatic carbocycles. The van der Waals surface area contributed by atoms with Crippen molar-refractivity contribution in [3.8, 4) is 0 Å². The van der Waals surface area contributed by atoms with E-state index in [-0.39, 0.29) is 28.8 Å². The maximum atomic E-state index is 13.7. The number of pyridine rings is 1. The largest absolute Gasteiger partial charge is 0.478 e. The summed E-state index contributed by atoms with van der Waals surface area (Å²) in [4.78, 5) is 17.8. The van der Waals surface area contributed by atoms with Crippen molar-refractivity contribution in [2.45, 2.75) is 95.3 Å². The Kier molecular flexibility index (Phi) is 12.7. The lowest BCUT2D eigenvalue weighted by atomic mass is 9.68. The van der Waals surface area contributed by atoms with Crippen LogP contribution in [0.15, 0.2) is 42.7 Å². The molecular formula is C31H41Cl2F2N3O2. The summed E-state index contributed by atoms with van der Waals surface area (Å²) < 4.78 is 27.4. The number of carboxylic acids is 1. The molecule has 1 aliphatic rings. The minimum absolute atomic E-state index is 0.0466. The van der Waals surface area contributed by atoms with Crippen molar-refractivity contribution in [1.82, 2.24) is 15.3 Å². The number of halogens is 4. The van der Waals surface area contributed by atoms with Gasteiger partial charge in [0.05, 0.1) is 10.6 Å². The lowest BCUT2D eigenvalue weighted by Gasteiger charge is -2.40. The lowest BCUT2D eigenvalue weighted by Crippen LogP contribution is -2.44. The number of carbonyl (C=O) groups is 1. The first-order valence-corrected chi connectivity index (χ1v) is 15.1. The number of aromatic nitrogens is 2. The Labute approximate surface area is 246 Å². The number of nitrogens with one attached hydrogen (secondary N) is 2. The van der Waals surface area contributed by atoms with Gasteiger partial charge in [-0.2, -0.15) is 0 Å². The fourth-order valence-corrected chi connectivity index (χ4v) is 5.74. The monoisotopic (exact) mass is 595 g/mol. The molecule has 0 atom stereocenters. The molecule has 40 heavy (non-hydrogen) atoms. The van der Waals surface area contributed by atoms with E-state index in [0.717, 1.165) is 36.0 Å². The first-order valence-electron chi connectivity index (χ1n) is 14.4. The van der Waals surface area contributed by atoms with Crippen LogP contribution in [-0.2, 0) is 5.41 Å². The standard InChI is InChI=1S/C22H35ClF2N2.C9H6ClNO2/c1-2-3-4-5-6-7-8-9-16-26-18-21(12-14-22(24,25)15-13-21)19-10-11-20(23)27-17-19;10-8-5-3-4-11-7(5)2-1-6(8)9(12)13/h10-11,17,26H,2-9,12-16,18H2,1H3;1-4,11H,(H,12,13). The number of benzene rings is 1. The van der Waals surface area contributed by atoms with Gasteiger partial charge in [-0.3, -0.25) is 0 Å². The molecule has 2 aromatic heterocycles. The topological polar surface area (TPSA) is 78.0 Å². The summed E-state index contributed by atoms with van der Waals surface area (Å²) in [5, 5.41) is 13.8. The summed E-state index contributed by atoms with van der Waals surface area (Å²) >= 11 is 11.8. The van der Waals surface area contributed by atoms with Gasteiger partial charge in [-0.25, -0.2) is 18.6 Å². The average molecular weight is 597 g/mol. The van der Waals surface area contributed by atoms with Crippen LogP contribution in [0, 0.1) is 0 Å². The van der Waals surface area contributed by atoms with Crippen LogP contribution in [0.3, 0.4) is 0 Å². The Morgan fingerprint density at radius 3 is 2.27 bits per heavy atom. The van der Waals surface area contributed by atoms with Crippen LogP contribution < -0.4 is 5.32 Å². The highest BCUT2D eigenvalue weighted by molar-refractivity contribution is 6.38. The third-order valence-electron chi connectivity index (χ3n) is 7.85. The molecule has 9 heteroatoms. The van der Waals surface area contributed by atoms with Crippen LogP contribution >= 0.6 is 23.2 Å². The van der Waals surface area contributed by atoms with E-state index in [1.807, 2.05) is 6.07 Å². The number of hydrogen-bond donors (Lipinski definition) is 3. The van der Waals surface area contributed by atoms with Crippen LogP contribution in [0.4, 0.5) is 8.78 Å². The van der Waals surface area contributed by atoms with Gasteiger partial charge in [0.2, 0.25) is 5.92 Å². The second-order valence-corrected chi connectivity index (χ2v) is 11.6. The van der Waals surface area contributed by atoms with Crippen molar-refractivity contribution in [3.05, 3.63) is 64.0 Å². The Bertz CT molecular complexity index is 1190. The molecule has 0 amide bonds. The third kappa shape index (κ3) is 9.42. The Morgan fingerprint density at radius 2 is 1.65 bits per heavy atom. The molecule has 220 valence electrons. The highest BCUT2D eigenvalue weighted by Gasteiger charge is 2.44. The minimum Gasteiger partial charge on any atom is -0.478 e. The maximum Gasteiger partial charge on any atom is 0.337 e. The molecule has 4 rings (SSSR count). The van der Waals surface area contributed by atoms with Gasteiger partial charge in [0.25, 0.3) is 0 Å². The van der Waals surface area contributed by atoms with Gasteiger partial charge < -0.3 is 15.4 Å². The van der Waals surface area contributed by atoms with Gasteiger partial charge in [0.15, 0.2) is 0 Å². The van der Waals surface area contributed by atoms with E-state index >= 15 is 0 Å². The molecule has 1 fully saturated rings. The summed E-state index contributed by atoms with van der Waals surface area (Å²) in [7, 11) is 0. The van der Waals surface area contributed by atoms with Crippen molar-refractivity contribution in [2.75, 3.05) is 13.1 Å². The third-order valence-corrected chi connectivity index (χ3v) is 8.48.